The normalized spacial score (nSPS) is 11.9. The van der Waals surface area contributed by atoms with Crippen LogP contribution in [-0.4, -0.2) is 37.6 Å². The summed E-state index contributed by atoms with van der Waals surface area (Å²) in [5.74, 6) is 0. The molecule has 0 aliphatic heterocycles. The third-order valence-corrected chi connectivity index (χ3v) is 6.11. The third-order valence-electron chi connectivity index (χ3n) is 6.11. The van der Waals surface area contributed by atoms with Gasteiger partial charge in [-0.05, 0) is 51.9 Å². The van der Waals surface area contributed by atoms with E-state index >= 15 is 0 Å². The Morgan fingerprint density at radius 3 is 1.30 bits per heavy atom. The van der Waals surface area contributed by atoms with Crippen molar-refractivity contribution in [3.63, 3.8) is 0 Å². The first kappa shape index (κ1) is 29.6. The van der Waals surface area contributed by atoms with Crippen molar-refractivity contribution in [3.05, 3.63) is 12.2 Å². The molecule has 0 aliphatic carbocycles. The number of nitrogens with zero attached hydrogens (tertiary/aromatic N) is 1. The molecule has 0 atom stereocenters. The van der Waals surface area contributed by atoms with E-state index in [0.717, 1.165) is 45.6 Å². The molecule has 0 aliphatic rings. The molecule has 0 radical (unpaired) electrons. The van der Waals surface area contributed by atoms with Gasteiger partial charge in [-0.1, -0.05) is 115 Å². The van der Waals surface area contributed by atoms with Crippen LogP contribution in [0.1, 0.15) is 129 Å². The van der Waals surface area contributed by atoms with Gasteiger partial charge in [0, 0.05) is 6.54 Å². The van der Waals surface area contributed by atoms with Gasteiger partial charge in [0.15, 0.2) is 0 Å². The summed E-state index contributed by atoms with van der Waals surface area (Å²) in [4.78, 5) is 2.48. The van der Waals surface area contributed by atoms with E-state index in [9.17, 15) is 0 Å². The van der Waals surface area contributed by atoms with E-state index in [-0.39, 0.29) is 0 Å². The van der Waals surface area contributed by atoms with Crippen LogP contribution in [0.15, 0.2) is 12.2 Å². The lowest BCUT2D eigenvalue weighted by Crippen LogP contribution is -2.29. The average Bonchev–Trinajstić information content (AvgIpc) is 2.76. The summed E-state index contributed by atoms with van der Waals surface area (Å²) in [6.07, 6.45) is 31.1. The quantitative estimate of drug-likeness (QED) is 0.121. The van der Waals surface area contributed by atoms with Gasteiger partial charge in [-0.15, -0.1) is 0 Å². The maximum atomic E-state index is 5.64. The molecule has 0 heterocycles. The van der Waals surface area contributed by atoms with Crippen molar-refractivity contribution in [1.29, 1.82) is 0 Å². The Morgan fingerprint density at radius 2 is 0.900 bits per heavy atom. The SMILES string of the molecule is CCCCCCCCCCCCCCCCCCC=CCN(CCCN)CCCN. The van der Waals surface area contributed by atoms with Crippen molar-refractivity contribution in [2.24, 2.45) is 11.5 Å². The monoisotopic (exact) mass is 423 g/mol. The van der Waals surface area contributed by atoms with Crippen LogP contribution in [0.5, 0.6) is 0 Å². The first-order valence-electron chi connectivity index (χ1n) is 13.6. The molecule has 3 heteroatoms. The molecule has 0 rings (SSSR count). The lowest BCUT2D eigenvalue weighted by atomic mass is 10.0. The molecule has 0 fully saturated rings. The molecule has 0 aromatic rings. The molecule has 3 nitrogen and oxygen atoms in total. The van der Waals surface area contributed by atoms with Gasteiger partial charge >= 0.3 is 0 Å². The van der Waals surface area contributed by atoms with Crippen molar-refractivity contribution in [1.82, 2.24) is 4.90 Å². The van der Waals surface area contributed by atoms with Crippen LogP contribution in [0.3, 0.4) is 0 Å². The van der Waals surface area contributed by atoms with Crippen LogP contribution in [0.25, 0.3) is 0 Å². The summed E-state index contributed by atoms with van der Waals surface area (Å²) in [5, 5.41) is 0. The summed E-state index contributed by atoms with van der Waals surface area (Å²) >= 11 is 0. The Kier molecular flexibility index (Phi) is 26.3. The average molecular weight is 424 g/mol. The number of nitrogens with two attached hydrogens (primary N) is 2. The molecule has 0 spiro atoms. The second-order valence-electron chi connectivity index (χ2n) is 9.15. The van der Waals surface area contributed by atoms with E-state index in [0.29, 0.717) is 0 Å². The molecule has 180 valence electrons. The minimum atomic E-state index is 0.780. The van der Waals surface area contributed by atoms with E-state index in [1.54, 1.807) is 0 Å². The Hall–Kier alpha value is -0.380. The van der Waals surface area contributed by atoms with E-state index in [1.807, 2.05) is 0 Å². The fourth-order valence-corrected chi connectivity index (χ4v) is 4.08. The van der Waals surface area contributed by atoms with E-state index in [2.05, 4.69) is 24.0 Å². The van der Waals surface area contributed by atoms with Gasteiger partial charge in [0.05, 0.1) is 0 Å². The van der Waals surface area contributed by atoms with Crippen LogP contribution in [-0.2, 0) is 0 Å². The molecule has 0 bridgehead atoms. The molecule has 0 saturated heterocycles. The van der Waals surface area contributed by atoms with Gasteiger partial charge < -0.3 is 11.5 Å². The number of hydrogen-bond acceptors (Lipinski definition) is 3. The van der Waals surface area contributed by atoms with Crippen molar-refractivity contribution in [2.45, 2.75) is 129 Å². The fraction of sp³-hybridized carbons (Fsp3) is 0.926. The minimum Gasteiger partial charge on any atom is -0.330 e. The number of hydrogen-bond donors (Lipinski definition) is 2. The lowest BCUT2D eigenvalue weighted by Gasteiger charge is -2.19. The Morgan fingerprint density at radius 1 is 0.500 bits per heavy atom. The molecule has 0 aromatic carbocycles. The van der Waals surface area contributed by atoms with Gasteiger partial charge in [-0.2, -0.15) is 0 Å². The topological polar surface area (TPSA) is 55.3 Å². The van der Waals surface area contributed by atoms with Gasteiger partial charge in [0.25, 0.3) is 0 Å². The highest BCUT2D eigenvalue weighted by molar-refractivity contribution is 4.85. The highest BCUT2D eigenvalue weighted by atomic mass is 15.1. The summed E-state index contributed by atoms with van der Waals surface area (Å²) in [6, 6.07) is 0. The summed E-state index contributed by atoms with van der Waals surface area (Å²) in [5.41, 5.74) is 11.3. The molecular formula is C27H57N3. The number of unbranched alkanes of at least 4 members (excludes halogenated alkanes) is 16. The largest absolute Gasteiger partial charge is 0.330 e. The van der Waals surface area contributed by atoms with Crippen LogP contribution in [0, 0.1) is 0 Å². The van der Waals surface area contributed by atoms with Crippen molar-refractivity contribution in [3.8, 4) is 0 Å². The maximum Gasteiger partial charge on any atom is 0.0163 e. The lowest BCUT2D eigenvalue weighted by molar-refractivity contribution is 0.298. The first-order valence-corrected chi connectivity index (χ1v) is 13.6. The maximum absolute atomic E-state index is 5.64. The smallest absolute Gasteiger partial charge is 0.0163 e. The van der Waals surface area contributed by atoms with E-state index in [4.69, 9.17) is 11.5 Å². The second kappa shape index (κ2) is 26.7. The summed E-state index contributed by atoms with van der Waals surface area (Å²) < 4.78 is 0. The predicted molar refractivity (Wildman–Crippen MR) is 137 cm³/mol. The second-order valence-corrected chi connectivity index (χ2v) is 9.15. The van der Waals surface area contributed by atoms with Gasteiger partial charge in [-0.25, -0.2) is 0 Å². The highest BCUT2D eigenvalue weighted by Gasteiger charge is 2.01. The zero-order chi connectivity index (χ0) is 22.0. The Balaban J connectivity index is 3.30. The number of rotatable bonds is 25. The van der Waals surface area contributed by atoms with E-state index < -0.39 is 0 Å². The molecular weight excluding hydrogens is 366 g/mol. The zero-order valence-corrected chi connectivity index (χ0v) is 20.7. The molecule has 30 heavy (non-hydrogen) atoms. The fourth-order valence-electron chi connectivity index (χ4n) is 4.08. The Bertz CT molecular complexity index is 322. The van der Waals surface area contributed by atoms with Crippen LogP contribution in [0.4, 0.5) is 0 Å². The zero-order valence-electron chi connectivity index (χ0n) is 20.7. The number of allylic oxidation sites excluding steroid dienone is 1. The molecule has 0 aromatic heterocycles. The minimum absolute atomic E-state index is 0.780. The van der Waals surface area contributed by atoms with Crippen LogP contribution in [0.2, 0.25) is 0 Å². The van der Waals surface area contributed by atoms with Crippen molar-refractivity contribution in [2.75, 3.05) is 32.7 Å². The standard InChI is InChI=1S/C27H57N3/c1-2-3-4-5-6-7-8-9-10-11-12-13-14-15-16-17-18-19-20-25-30(26-21-23-28)27-22-24-29/h19-20H,2-18,21-29H2,1H3. The molecule has 0 unspecified atom stereocenters. The first-order chi connectivity index (χ1) is 14.8. The van der Waals surface area contributed by atoms with Gasteiger partial charge in [-0.3, -0.25) is 4.90 Å². The predicted octanol–water partition coefficient (Wildman–Crippen LogP) is 7.19. The molecule has 4 N–H and O–H groups in total. The van der Waals surface area contributed by atoms with Crippen molar-refractivity contribution >= 4 is 0 Å². The van der Waals surface area contributed by atoms with Gasteiger partial charge in [0.1, 0.15) is 0 Å². The summed E-state index contributed by atoms with van der Waals surface area (Å²) in [6.45, 7) is 7.10. The third kappa shape index (κ3) is 23.9. The van der Waals surface area contributed by atoms with Crippen LogP contribution >= 0.6 is 0 Å². The van der Waals surface area contributed by atoms with Crippen molar-refractivity contribution < 1.29 is 0 Å². The van der Waals surface area contributed by atoms with E-state index in [1.165, 1.54) is 109 Å². The highest BCUT2D eigenvalue weighted by Crippen LogP contribution is 2.14. The van der Waals surface area contributed by atoms with Crippen LogP contribution < -0.4 is 11.5 Å². The van der Waals surface area contributed by atoms with Gasteiger partial charge in [0.2, 0.25) is 0 Å². The molecule has 0 amide bonds. The Labute approximate surface area is 190 Å². The molecule has 0 saturated carbocycles. The summed E-state index contributed by atoms with van der Waals surface area (Å²) in [7, 11) is 0.